The van der Waals surface area contributed by atoms with Gasteiger partial charge in [0.15, 0.2) is 0 Å². The zero-order valence-corrected chi connectivity index (χ0v) is 9.88. The molecule has 2 unspecified atom stereocenters. The first-order chi connectivity index (χ1) is 8.33. The van der Waals surface area contributed by atoms with Gasteiger partial charge in [-0.1, -0.05) is 6.42 Å². The molecule has 90 valence electrons. The molecule has 17 heavy (non-hydrogen) atoms. The normalized spacial score (nSPS) is 29.3. The van der Waals surface area contributed by atoms with Crippen molar-refractivity contribution in [3.8, 4) is 0 Å². The van der Waals surface area contributed by atoms with Crippen LogP contribution in [0.3, 0.4) is 0 Å². The van der Waals surface area contributed by atoms with Crippen molar-refractivity contribution < 1.29 is 4.79 Å². The highest BCUT2D eigenvalue weighted by atomic mass is 16.1. The van der Waals surface area contributed by atoms with E-state index >= 15 is 0 Å². The first-order valence-corrected chi connectivity index (χ1v) is 6.35. The number of hydrogen-bond acceptors (Lipinski definition) is 4. The molecule has 0 aromatic carbocycles. The lowest BCUT2D eigenvalue weighted by Gasteiger charge is -2.45. The first kappa shape index (κ1) is 10.8. The lowest BCUT2D eigenvalue weighted by atomic mass is 9.83. The van der Waals surface area contributed by atoms with E-state index in [9.17, 15) is 4.79 Å². The van der Waals surface area contributed by atoms with Crippen molar-refractivity contribution in [2.75, 3.05) is 0 Å². The molecule has 3 rings (SSSR count). The predicted octanol–water partition coefficient (Wildman–Crippen LogP) is 1.56. The Morgan fingerprint density at radius 3 is 2.71 bits per heavy atom. The van der Waals surface area contributed by atoms with Gasteiger partial charge < -0.3 is 0 Å². The van der Waals surface area contributed by atoms with E-state index < -0.39 is 0 Å². The molecule has 1 aromatic rings. The molecule has 1 aromatic heterocycles. The van der Waals surface area contributed by atoms with Crippen molar-refractivity contribution >= 4 is 5.78 Å². The maximum absolute atomic E-state index is 11.6. The van der Waals surface area contributed by atoms with E-state index in [1.54, 1.807) is 12.5 Å². The summed E-state index contributed by atoms with van der Waals surface area (Å²) in [5.41, 5.74) is 1.06. The third-order valence-electron chi connectivity index (χ3n) is 3.93. The van der Waals surface area contributed by atoms with Crippen LogP contribution in [0.2, 0.25) is 0 Å². The summed E-state index contributed by atoms with van der Waals surface area (Å²) in [5.74, 6) is 0.443. The van der Waals surface area contributed by atoms with E-state index in [4.69, 9.17) is 0 Å². The van der Waals surface area contributed by atoms with Crippen LogP contribution in [0.1, 0.15) is 37.8 Å². The summed E-state index contributed by atoms with van der Waals surface area (Å²) in [4.78, 5) is 22.3. The maximum atomic E-state index is 11.6. The fourth-order valence-corrected chi connectivity index (χ4v) is 3.12. The van der Waals surface area contributed by atoms with Gasteiger partial charge in [0, 0.05) is 37.7 Å². The van der Waals surface area contributed by atoms with Gasteiger partial charge in [0.05, 0.1) is 5.69 Å². The molecule has 2 bridgehead atoms. The zero-order chi connectivity index (χ0) is 11.7. The van der Waals surface area contributed by atoms with Gasteiger partial charge >= 0.3 is 0 Å². The summed E-state index contributed by atoms with van der Waals surface area (Å²) in [6.45, 7) is 0.866. The maximum Gasteiger partial charge on any atom is 0.136 e. The Balaban J connectivity index is 1.76. The Hall–Kier alpha value is -1.29. The monoisotopic (exact) mass is 231 g/mol. The summed E-state index contributed by atoms with van der Waals surface area (Å²) in [6.07, 6.45) is 8.44. The highest BCUT2D eigenvalue weighted by Crippen LogP contribution is 2.33. The third-order valence-corrected chi connectivity index (χ3v) is 3.93. The number of piperidine rings is 2. The third kappa shape index (κ3) is 2.22. The fraction of sp³-hybridized carbons (Fsp3) is 0.615. The molecule has 2 atom stereocenters. The first-order valence-electron chi connectivity index (χ1n) is 6.35. The quantitative estimate of drug-likeness (QED) is 0.775. The van der Waals surface area contributed by atoms with E-state index in [2.05, 4.69) is 14.9 Å². The highest BCUT2D eigenvalue weighted by molar-refractivity contribution is 5.80. The smallest absolute Gasteiger partial charge is 0.136 e. The van der Waals surface area contributed by atoms with E-state index in [0.29, 0.717) is 17.9 Å². The topological polar surface area (TPSA) is 46.1 Å². The summed E-state index contributed by atoms with van der Waals surface area (Å²) in [7, 11) is 0. The second kappa shape index (κ2) is 4.53. The Morgan fingerprint density at radius 2 is 2.06 bits per heavy atom. The number of aromatic nitrogens is 2. The van der Waals surface area contributed by atoms with Crippen LogP contribution in [0, 0.1) is 0 Å². The summed E-state index contributed by atoms with van der Waals surface area (Å²) in [6, 6.07) is 2.86. The molecule has 0 aliphatic carbocycles. The summed E-state index contributed by atoms with van der Waals surface area (Å²) in [5, 5.41) is 0. The Kier molecular flexibility index (Phi) is 2.89. The molecular formula is C13H17N3O. The van der Waals surface area contributed by atoms with Crippen LogP contribution in [-0.2, 0) is 11.3 Å². The molecule has 4 nitrogen and oxygen atoms in total. The molecule has 4 heteroatoms. The van der Waals surface area contributed by atoms with E-state index in [0.717, 1.165) is 37.9 Å². The average molecular weight is 231 g/mol. The molecule has 0 N–H and O–H groups in total. The average Bonchev–Trinajstić information content (AvgIpc) is 2.32. The van der Waals surface area contributed by atoms with Crippen molar-refractivity contribution in [1.82, 2.24) is 14.9 Å². The lowest BCUT2D eigenvalue weighted by molar-refractivity contribution is -0.127. The largest absolute Gasteiger partial charge is 0.300 e. The van der Waals surface area contributed by atoms with Crippen molar-refractivity contribution in [2.24, 2.45) is 0 Å². The van der Waals surface area contributed by atoms with Crippen LogP contribution in [-0.4, -0.2) is 32.7 Å². The van der Waals surface area contributed by atoms with E-state index in [-0.39, 0.29) is 0 Å². The van der Waals surface area contributed by atoms with Gasteiger partial charge in [-0.15, -0.1) is 0 Å². The second-order valence-corrected chi connectivity index (χ2v) is 5.06. The minimum Gasteiger partial charge on any atom is -0.300 e. The molecule has 2 aliphatic heterocycles. The fourth-order valence-electron chi connectivity index (χ4n) is 3.12. The highest BCUT2D eigenvalue weighted by Gasteiger charge is 2.37. The number of hydrogen-bond donors (Lipinski definition) is 0. The Morgan fingerprint density at radius 1 is 1.29 bits per heavy atom. The molecule has 3 heterocycles. The van der Waals surface area contributed by atoms with Gasteiger partial charge in [-0.25, -0.2) is 9.97 Å². The van der Waals surface area contributed by atoms with Gasteiger partial charge in [0.2, 0.25) is 0 Å². The molecule has 2 fully saturated rings. The van der Waals surface area contributed by atoms with Crippen LogP contribution in [0.15, 0.2) is 18.6 Å². The van der Waals surface area contributed by atoms with Gasteiger partial charge in [0.25, 0.3) is 0 Å². The lowest BCUT2D eigenvalue weighted by Crippen LogP contribution is -2.51. The van der Waals surface area contributed by atoms with Crippen molar-refractivity contribution in [2.45, 2.75) is 50.7 Å². The van der Waals surface area contributed by atoms with Crippen LogP contribution >= 0.6 is 0 Å². The van der Waals surface area contributed by atoms with Crippen LogP contribution in [0.25, 0.3) is 0 Å². The number of ketones is 1. The number of nitrogens with zero attached hydrogens (tertiary/aromatic N) is 3. The Labute approximate surface area is 101 Å². The van der Waals surface area contributed by atoms with Crippen LogP contribution in [0.5, 0.6) is 0 Å². The molecule has 0 saturated carbocycles. The SMILES string of the molecule is O=C1CC2CCCC(C1)N2Cc1ccncn1. The number of Topliss-reactive ketones (excluding diaryl/α,β-unsaturated/α-hetero) is 1. The number of rotatable bonds is 2. The van der Waals surface area contributed by atoms with Gasteiger partial charge in [-0.2, -0.15) is 0 Å². The molecule has 2 aliphatic rings. The minimum atomic E-state index is 0.443. The molecule has 0 spiro atoms. The van der Waals surface area contributed by atoms with E-state index in [1.807, 2.05) is 6.07 Å². The molecule has 0 radical (unpaired) electrons. The summed E-state index contributed by atoms with van der Waals surface area (Å²) < 4.78 is 0. The van der Waals surface area contributed by atoms with Gasteiger partial charge in [-0.05, 0) is 18.9 Å². The number of carbonyl (C=O) groups excluding carboxylic acids is 1. The van der Waals surface area contributed by atoms with Crippen molar-refractivity contribution in [1.29, 1.82) is 0 Å². The van der Waals surface area contributed by atoms with Crippen molar-refractivity contribution in [3.05, 3.63) is 24.3 Å². The van der Waals surface area contributed by atoms with Crippen LogP contribution < -0.4 is 0 Å². The van der Waals surface area contributed by atoms with Crippen molar-refractivity contribution in [3.63, 3.8) is 0 Å². The Bertz CT molecular complexity index is 390. The molecular weight excluding hydrogens is 214 g/mol. The number of fused-ring (bicyclic) bond motifs is 2. The zero-order valence-electron chi connectivity index (χ0n) is 9.88. The second-order valence-electron chi connectivity index (χ2n) is 5.06. The summed E-state index contributed by atoms with van der Waals surface area (Å²) >= 11 is 0. The van der Waals surface area contributed by atoms with Gasteiger partial charge in [-0.3, -0.25) is 9.69 Å². The standard InChI is InChI=1S/C13H17N3O/c17-13-6-11-2-1-3-12(7-13)16(11)8-10-4-5-14-9-15-10/h4-5,9,11-12H,1-3,6-8H2. The number of carbonyl (C=O) groups is 1. The van der Waals surface area contributed by atoms with Crippen LogP contribution in [0.4, 0.5) is 0 Å². The predicted molar refractivity (Wildman–Crippen MR) is 63.2 cm³/mol. The minimum absolute atomic E-state index is 0.443. The molecule has 0 amide bonds. The molecule has 2 saturated heterocycles. The van der Waals surface area contributed by atoms with Gasteiger partial charge in [0.1, 0.15) is 12.1 Å². The van der Waals surface area contributed by atoms with E-state index in [1.165, 1.54) is 6.42 Å².